The number of halogens is 1. The van der Waals surface area contributed by atoms with Gasteiger partial charge in [0.1, 0.15) is 5.75 Å². The fraction of sp³-hybridized carbons (Fsp3) is 0.348. The smallest absolute Gasteiger partial charge is 0.163 e. The molecule has 1 unspecified atom stereocenters. The van der Waals surface area contributed by atoms with Gasteiger partial charge in [-0.05, 0) is 48.6 Å². The van der Waals surface area contributed by atoms with Crippen LogP contribution in [-0.2, 0) is 4.79 Å². The van der Waals surface area contributed by atoms with Crippen molar-refractivity contribution in [2.45, 2.75) is 39.7 Å². The van der Waals surface area contributed by atoms with Gasteiger partial charge < -0.3 is 15.4 Å². The first kappa shape index (κ1) is 18.9. The lowest BCUT2D eigenvalue weighted by Gasteiger charge is -2.34. The largest absolute Gasteiger partial charge is 0.492 e. The molecule has 28 heavy (non-hydrogen) atoms. The number of hydrogen-bond acceptors (Lipinski definition) is 4. The van der Waals surface area contributed by atoms with Gasteiger partial charge in [0.05, 0.1) is 29.0 Å². The van der Waals surface area contributed by atoms with Crippen LogP contribution in [0.1, 0.15) is 45.2 Å². The molecule has 2 N–H and O–H groups in total. The summed E-state index contributed by atoms with van der Waals surface area (Å²) in [4.78, 5) is 13.2. The maximum atomic E-state index is 13.2. The molecule has 0 bridgehead atoms. The van der Waals surface area contributed by atoms with Crippen molar-refractivity contribution in [3.05, 3.63) is 64.3 Å². The molecule has 0 fully saturated rings. The zero-order valence-electron chi connectivity index (χ0n) is 16.4. The van der Waals surface area contributed by atoms with Gasteiger partial charge in [-0.25, -0.2) is 0 Å². The summed E-state index contributed by atoms with van der Waals surface area (Å²) in [6.45, 7) is 6.77. The predicted molar refractivity (Wildman–Crippen MR) is 114 cm³/mol. The molecule has 1 aliphatic carbocycles. The number of Topliss-reactive ketones (excluding diaryl/α,β-unsaturated/α-hetero) is 1. The Morgan fingerprint density at radius 1 is 1.14 bits per heavy atom. The normalized spacial score (nSPS) is 20.4. The van der Waals surface area contributed by atoms with E-state index in [9.17, 15) is 4.79 Å². The molecule has 5 heteroatoms. The molecule has 2 aromatic rings. The van der Waals surface area contributed by atoms with Crippen molar-refractivity contribution in [3.63, 3.8) is 0 Å². The molecule has 4 nitrogen and oxygen atoms in total. The summed E-state index contributed by atoms with van der Waals surface area (Å²) in [5.41, 5.74) is 4.64. The molecule has 0 spiro atoms. The second-order valence-corrected chi connectivity index (χ2v) is 8.61. The third kappa shape index (κ3) is 3.49. The second kappa shape index (κ2) is 7.17. The van der Waals surface area contributed by atoms with E-state index in [2.05, 4.69) is 24.5 Å². The zero-order chi connectivity index (χ0) is 19.9. The highest BCUT2D eigenvalue weighted by molar-refractivity contribution is 6.32. The molecular formula is C23H25ClN2O2. The second-order valence-electron chi connectivity index (χ2n) is 8.20. The summed E-state index contributed by atoms with van der Waals surface area (Å²) < 4.78 is 5.57. The Morgan fingerprint density at radius 3 is 2.61 bits per heavy atom. The number of ketones is 1. The Kier molecular flexibility index (Phi) is 4.84. The fourth-order valence-corrected chi connectivity index (χ4v) is 4.35. The molecule has 0 radical (unpaired) electrons. The molecule has 4 rings (SSSR count). The quantitative estimate of drug-likeness (QED) is 0.671. The van der Waals surface area contributed by atoms with Crippen LogP contribution in [0.15, 0.2) is 53.7 Å². The van der Waals surface area contributed by atoms with E-state index < -0.39 is 0 Å². The molecule has 1 aliphatic heterocycles. The van der Waals surface area contributed by atoms with E-state index in [0.717, 1.165) is 34.6 Å². The summed E-state index contributed by atoms with van der Waals surface area (Å²) in [5.74, 6) is 0.833. The molecule has 0 aromatic heterocycles. The van der Waals surface area contributed by atoms with Gasteiger partial charge in [0.25, 0.3) is 0 Å². The number of ether oxygens (including phenoxy) is 1. The number of nitrogens with one attached hydrogen (secondary N) is 2. The van der Waals surface area contributed by atoms with Gasteiger partial charge in [-0.15, -0.1) is 0 Å². The van der Waals surface area contributed by atoms with Crippen molar-refractivity contribution in [1.82, 2.24) is 0 Å². The van der Waals surface area contributed by atoms with Crippen LogP contribution in [0.5, 0.6) is 5.75 Å². The van der Waals surface area contributed by atoms with Crippen molar-refractivity contribution in [2.75, 3.05) is 17.2 Å². The number of para-hydroxylation sites is 2. The van der Waals surface area contributed by atoms with E-state index in [1.54, 1.807) is 0 Å². The van der Waals surface area contributed by atoms with E-state index in [0.29, 0.717) is 23.8 Å². The number of anilines is 2. The highest BCUT2D eigenvalue weighted by Gasteiger charge is 2.38. The van der Waals surface area contributed by atoms with Crippen LogP contribution in [0, 0.1) is 5.41 Å². The molecule has 2 aliphatic rings. The molecular weight excluding hydrogens is 372 g/mol. The third-order valence-corrected chi connectivity index (χ3v) is 5.61. The predicted octanol–water partition coefficient (Wildman–Crippen LogP) is 5.96. The maximum absolute atomic E-state index is 13.2. The van der Waals surface area contributed by atoms with Gasteiger partial charge in [0.15, 0.2) is 5.78 Å². The number of hydrogen-bond donors (Lipinski definition) is 2. The lowest BCUT2D eigenvalue weighted by atomic mass is 9.73. The fourth-order valence-electron chi connectivity index (χ4n) is 4.11. The monoisotopic (exact) mass is 396 g/mol. The van der Waals surface area contributed by atoms with Gasteiger partial charge in [-0.3, -0.25) is 4.79 Å². The van der Waals surface area contributed by atoms with Crippen molar-refractivity contribution >= 4 is 28.8 Å². The van der Waals surface area contributed by atoms with Gasteiger partial charge in [0, 0.05) is 17.7 Å². The molecule has 0 saturated carbocycles. The van der Waals surface area contributed by atoms with Gasteiger partial charge in [0.2, 0.25) is 0 Å². The van der Waals surface area contributed by atoms with Gasteiger partial charge in [-0.1, -0.05) is 43.6 Å². The minimum Gasteiger partial charge on any atom is -0.492 e. The molecule has 1 heterocycles. The van der Waals surface area contributed by atoms with E-state index in [1.807, 2.05) is 49.4 Å². The lowest BCUT2D eigenvalue weighted by Crippen LogP contribution is -2.31. The minimum absolute atomic E-state index is 0.0663. The highest BCUT2D eigenvalue weighted by Crippen LogP contribution is 2.46. The third-order valence-electron chi connectivity index (χ3n) is 5.31. The summed E-state index contributed by atoms with van der Waals surface area (Å²) in [6, 6.07) is 13.6. The van der Waals surface area contributed by atoms with Crippen LogP contribution in [0.2, 0.25) is 5.02 Å². The topological polar surface area (TPSA) is 50.4 Å². The maximum Gasteiger partial charge on any atom is 0.163 e. The average molecular weight is 397 g/mol. The standard InChI is InChI=1S/C23H25ClN2O2/c1-4-28-20-10-9-14(11-15(20)24)22-21-18(12-23(2,3)13-19(21)27)25-16-7-5-6-8-17(16)26-22/h5-11,22,25-26H,4,12-13H2,1-3H3. The Hall–Kier alpha value is -2.46. The first-order valence-electron chi connectivity index (χ1n) is 9.69. The van der Waals surface area contributed by atoms with Crippen LogP contribution in [-0.4, -0.2) is 12.4 Å². The summed E-state index contributed by atoms with van der Waals surface area (Å²) in [6.07, 6.45) is 1.36. The van der Waals surface area contributed by atoms with Crippen molar-refractivity contribution < 1.29 is 9.53 Å². The number of carbonyl (C=O) groups is 1. The number of carbonyl (C=O) groups excluding carboxylic acids is 1. The Morgan fingerprint density at radius 2 is 1.89 bits per heavy atom. The van der Waals surface area contributed by atoms with Gasteiger partial charge >= 0.3 is 0 Å². The number of rotatable bonds is 3. The molecule has 1 atom stereocenters. The van der Waals surface area contributed by atoms with Crippen LogP contribution in [0.25, 0.3) is 0 Å². The SMILES string of the molecule is CCOc1ccc(C2Nc3ccccc3NC3=C2C(=O)CC(C)(C)C3)cc1Cl. The highest BCUT2D eigenvalue weighted by atomic mass is 35.5. The number of fused-ring (bicyclic) bond motifs is 1. The van der Waals surface area contributed by atoms with Crippen LogP contribution < -0.4 is 15.4 Å². The first-order valence-corrected chi connectivity index (χ1v) is 10.1. The molecule has 0 saturated heterocycles. The van der Waals surface area contributed by atoms with E-state index in [-0.39, 0.29) is 17.2 Å². The minimum atomic E-state index is -0.261. The van der Waals surface area contributed by atoms with E-state index in [4.69, 9.17) is 16.3 Å². The number of allylic oxidation sites excluding steroid dienone is 1. The molecule has 0 amide bonds. The van der Waals surface area contributed by atoms with Crippen molar-refractivity contribution in [1.29, 1.82) is 0 Å². The Bertz CT molecular complexity index is 965. The first-order chi connectivity index (χ1) is 13.4. The van der Waals surface area contributed by atoms with Crippen LogP contribution in [0.3, 0.4) is 0 Å². The van der Waals surface area contributed by atoms with Crippen LogP contribution >= 0.6 is 11.6 Å². The van der Waals surface area contributed by atoms with E-state index >= 15 is 0 Å². The average Bonchev–Trinajstić information content (AvgIpc) is 2.79. The summed E-state index contributed by atoms with van der Waals surface area (Å²) in [7, 11) is 0. The number of benzene rings is 2. The summed E-state index contributed by atoms with van der Waals surface area (Å²) in [5, 5.41) is 7.66. The van der Waals surface area contributed by atoms with E-state index in [1.165, 1.54) is 0 Å². The Balaban J connectivity index is 1.84. The van der Waals surface area contributed by atoms with Crippen molar-refractivity contribution in [3.8, 4) is 5.75 Å². The molecule has 2 aromatic carbocycles. The van der Waals surface area contributed by atoms with Crippen LogP contribution in [0.4, 0.5) is 11.4 Å². The zero-order valence-corrected chi connectivity index (χ0v) is 17.2. The van der Waals surface area contributed by atoms with Crippen molar-refractivity contribution in [2.24, 2.45) is 5.41 Å². The Labute approximate surface area is 170 Å². The lowest BCUT2D eigenvalue weighted by molar-refractivity contribution is -0.118. The molecule has 146 valence electrons. The summed E-state index contributed by atoms with van der Waals surface area (Å²) >= 11 is 6.46. The van der Waals surface area contributed by atoms with Gasteiger partial charge in [-0.2, -0.15) is 0 Å².